The fraction of sp³-hybridized carbons (Fsp3) is 0.400. The van der Waals surface area contributed by atoms with Gasteiger partial charge in [-0.15, -0.1) is 0 Å². The van der Waals surface area contributed by atoms with Gasteiger partial charge in [0.15, 0.2) is 0 Å². The highest BCUT2D eigenvalue weighted by Crippen LogP contribution is 2.07. The average Bonchev–Trinajstić information content (AvgIpc) is 2.93. The molecule has 0 saturated carbocycles. The summed E-state index contributed by atoms with van der Waals surface area (Å²) in [5, 5.41) is 9.23. The van der Waals surface area contributed by atoms with Crippen molar-refractivity contribution in [3.63, 3.8) is 0 Å². The molecule has 0 fully saturated rings. The lowest BCUT2D eigenvalue weighted by molar-refractivity contribution is 0.580. The van der Waals surface area contributed by atoms with Crippen molar-refractivity contribution >= 4 is 16.0 Å². The number of sulfonamides is 1. The average molecular weight is 297 g/mol. The first-order chi connectivity index (χ1) is 9.62. The highest BCUT2D eigenvalue weighted by atomic mass is 32.2. The predicted octanol–water partition coefficient (Wildman–Crippen LogP) is -0.452. The van der Waals surface area contributed by atoms with Crippen LogP contribution in [0.4, 0.5) is 5.95 Å². The zero-order valence-corrected chi connectivity index (χ0v) is 11.7. The van der Waals surface area contributed by atoms with E-state index in [-0.39, 0.29) is 11.4 Å². The van der Waals surface area contributed by atoms with Crippen LogP contribution in [-0.4, -0.2) is 46.7 Å². The number of H-pyrrole nitrogens is 1. The highest BCUT2D eigenvalue weighted by Gasteiger charge is 2.14. The van der Waals surface area contributed by atoms with Gasteiger partial charge in [0, 0.05) is 19.5 Å². The molecule has 0 bridgehead atoms. The topological polar surface area (TPSA) is 126 Å². The number of aromatic nitrogens is 5. The maximum absolute atomic E-state index is 12.0. The SMILES string of the molecule is CCNc1ncc(S(=O)(=O)NCCc2ncn[nH]2)cn1. The van der Waals surface area contributed by atoms with Gasteiger partial charge in [-0.05, 0) is 6.92 Å². The number of hydrogen-bond donors (Lipinski definition) is 3. The molecule has 10 heteroatoms. The summed E-state index contributed by atoms with van der Waals surface area (Å²) >= 11 is 0. The summed E-state index contributed by atoms with van der Waals surface area (Å²) < 4.78 is 26.4. The van der Waals surface area contributed by atoms with Gasteiger partial charge in [0.2, 0.25) is 16.0 Å². The minimum atomic E-state index is -3.61. The first-order valence-corrected chi connectivity index (χ1v) is 7.50. The molecule has 0 aliphatic rings. The Morgan fingerprint density at radius 2 is 2.00 bits per heavy atom. The molecule has 2 aromatic rings. The van der Waals surface area contributed by atoms with Crippen molar-refractivity contribution in [2.75, 3.05) is 18.4 Å². The van der Waals surface area contributed by atoms with Crippen LogP contribution in [0.25, 0.3) is 0 Å². The van der Waals surface area contributed by atoms with Gasteiger partial charge in [-0.25, -0.2) is 28.1 Å². The Bertz CT molecular complexity index is 624. The standard InChI is InChI=1S/C10H15N7O2S/c1-2-11-10-12-5-8(6-13-10)20(18,19)16-4-3-9-14-7-15-17-9/h5-7,16H,2-4H2,1H3,(H,11,12,13)(H,14,15,17). The van der Waals surface area contributed by atoms with E-state index in [2.05, 4.69) is 35.2 Å². The van der Waals surface area contributed by atoms with Gasteiger partial charge in [0.1, 0.15) is 17.0 Å². The van der Waals surface area contributed by atoms with E-state index in [1.54, 1.807) is 0 Å². The van der Waals surface area contributed by atoms with Crippen LogP contribution in [0.5, 0.6) is 0 Å². The minimum Gasteiger partial charge on any atom is -0.355 e. The number of aromatic amines is 1. The van der Waals surface area contributed by atoms with Crippen LogP contribution in [0.3, 0.4) is 0 Å². The lowest BCUT2D eigenvalue weighted by Crippen LogP contribution is -2.26. The van der Waals surface area contributed by atoms with E-state index in [9.17, 15) is 8.42 Å². The van der Waals surface area contributed by atoms with Gasteiger partial charge in [-0.2, -0.15) is 5.10 Å². The molecule has 0 radical (unpaired) electrons. The lowest BCUT2D eigenvalue weighted by Gasteiger charge is -2.06. The Kier molecular flexibility index (Phi) is 4.58. The maximum Gasteiger partial charge on any atom is 0.243 e. The summed E-state index contributed by atoms with van der Waals surface area (Å²) in [6, 6.07) is 0. The Balaban J connectivity index is 1.95. The van der Waals surface area contributed by atoms with Crippen LogP contribution in [-0.2, 0) is 16.4 Å². The van der Waals surface area contributed by atoms with Crippen molar-refractivity contribution < 1.29 is 8.42 Å². The molecule has 0 spiro atoms. The minimum absolute atomic E-state index is 0.0247. The zero-order chi connectivity index (χ0) is 14.4. The van der Waals surface area contributed by atoms with Crippen LogP contribution in [0.1, 0.15) is 12.7 Å². The third kappa shape index (κ3) is 3.71. The van der Waals surface area contributed by atoms with Crippen molar-refractivity contribution in [3.8, 4) is 0 Å². The maximum atomic E-state index is 12.0. The van der Waals surface area contributed by atoms with Gasteiger partial charge in [0.25, 0.3) is 0 Å². The third-order valence-electron chi connectivity index (χ3n) is 2.39. The van der Waals surface area contributed by atoms with Crippen LogP contribution < -0.4 is 10.0 Å². The molecule has 3 N–H and O–H groups in total. The molecule has 0 aromatic carbocycles. The van der Waals surface area contributed by atoms with Gasteiger partial charge in [-0.1, -0.05) is 0 Å². The quantitative estimate of drug-likeness (QED) is 0.631. The summed E-state index contributed by atoms with van der Waals surface area (Å²) in [7, 11) is -3.61. The summed E-state index contributed by atoms with van der Waals surface area (Å²) in [6.45, 7) is 2.78. The van der Waals surface area contributed by atoms with Crippen LogP contribution in [0, 0.1) is 0 Å². The van der Waals surface area contributed by atoms with Gasteiger partial charge in [-0.3, -0.25) is 5.10 Å². The predicted molar refractivity (Wildman–Crippen MR) is 71.5 cm³/mol. The normalized spacial score (nSPS) is 11.4. The van der Waals surface area contributed by atoms with E-state index in [1.807, 2.05) is 6.92 Å². The molecule has 2 aromatic heterocycles. The first kappa shape index (κ1) is 14.3. The molecule has 0 atom stereocenters. The van der Waals surface area contributed by atoms with E-state index in [4.69, 9.17) is 0 Å². The second-order valence-corrected chi connectivity index (χ2v) is 5.62. The lowest BCUT2D eigenvalue weighted by atomic mass is 10.4. The largest absolute Gasteiger partial charge is 0.355 e. The number of nitrogens with one attached hydrogen (secondary N) is 3. The Labute approximate surface area is 116 Å². The smallest absolute Gasteiger partial charge is 0.243 e. The molecule has 2 heterocycles. The molecule has 9 nitrogen and oxygen atoms in total. The molecule has 2 rings (SSSR count). The number of hydrogen-bond acceptors (Lipinski definition) is 7. The van der Waals surface area contributed by atoms with E-state index in [1.165, 1.54) is 18.7 Å². The first-order valence-electron chi connectivity index (χ1n) is 6.01. The number of nitrogens with zero attached hydrogens (tertiary/aromatic N) is 4. The number of rotatable bonds is 7. The van der Waals surface area contributed by atoms with Crippen LogP contribution in [0.15, 0.2) is 23.6 Å². The van der Waals surface area contributed by atoms with Crippen molar-refractivity contribution in [1.29, 1.82) is 0 Å². The monoisotopic (exact) mass is 297 g/mol. The van der Waals surface area contributed by atoms with E-state index in [0.717, 1.165) is 0 Å². The third-order valence-corrected chi connectivity index (χ3v) is 3.81. The Morgan fingerprint density at radius 1 is 1.25 bits per heavy atom. The van der Waals surface area contributed by atoms with Crippen LogP contribution in [0.2, 0.25) is 0 Å². The van der Waals surface area contributed by atoms with Crippen molar-refractivity contribution in [3.05, 3.63) is 24.5 Å². The molecule has 0 saturated heterocycles. The van der Waals surface area contributed by atoms with E-state index in [0.29, 0.717) is 24.7 Å². The van der Waals surface area contributed by atoms with Gasteiger partial charge >= 0.3 is 0 Å². The molecular formula is C10H15N7O2S. The van der Waals surface area contributed by atoms with Crippen molar-refractivity contribution in [2.24, 2.45) is 0 Å². The summed E-state index contributed by atoms with van der Waals surface area (Å²) in [4.78, 5) is 11.8. The molecule has 20 heavy (non-hydrogen) atoms. The van der Waals surface area contributed by atoms with E-state index < -0.39 is 10.0 Å². The fourth-order valence-corrected chi connectivity index (χ4v) is 2.36. The second-order valence-electron chi connectivity index (χ2n) is 3.85. The summed E-state index contributed by atoms with van der Waals surface area (Å²) in [5.41, 5.74) is 0. The molecular weight excluding hydrogens is 282 g/mol. The number of anilines is 1. The molecule has 108 valence electrons. The Morgan fingerprint density at radius 3 is 2.60 bits per heavy atom. The zero-order valence-electron chi connectivity index (χ0n) is 10.9. The second kappa shape index (κ2) is 6.39. The summed E-state index contributed by atoms with van der Waals surface area (Å²) in [6.07, 6.45) is 4.33. The van der Waals surface area contributed by atoms with Crippen molar-refractivity contribution in [2.45, 2.75) is 18.2 Å². The molecule has 0 amide bonds. The molecule has 0 aliphatic heterocycles. The fourth-order valence-electron chi connectivity index (χ4n) is 1.44. The van der Waals surface area contributed by atoms with Gasteiger partial charge in [0.05, 0.1) is 12.4 Å². The van der Waals surface area contributed by atoms with Gasteiger partial charge < -0.3 is 5.32 Å². The molecule has 0 unspecified atom stereocenters. The van der Waals surface area contributed by atoms with E-state index >= 15 is 0 Å². The summed E-state index contributed by atoms with van der Waals surface area (Å²) in [5.74, 6) is 1.01. The highest BCUT2D eigenvalue weighted by molar-refractivity contribution is 7.89. The Hall–Kier alpha value is -2.07. The molecule has 0 aliphatic carbocycles. The van der Waals surface area contributed by atoms with Crippen molar-refractivity contribution in [1.82, 2.24) is 29.9 Å². The van der Waals surface area contributed by atoms with Crippen LogP contribution >= 0.6 is 0 Å².